The fourth-order valence-electron chi connectivity index (χ4n) is 0.864. The lowest BCUT2D eigenvalue weighted by molar-refractivity contribution is 0.583. The van der Waals surface area contributed by atoms with Gasteiger partial charge in [-0.05, 0) is 42.8 Å². The maximum atomic E-state index is 5.83. The number of hydrogen-bond acceptors (Lipinski definition) is 2. The molecule has 0 amide bonds. The Morgan fingerprint density at radius 3 is 2.54 bits per heavy atom. The predicted octanol–water partition coefficient (Wildman–Crippen LogP) is 3.01. The number of nitrogens with two attached hydrogens (primary N) is 1. The van der Waals surface area contributed by atoms with Crippen LogP contribution in [0, 0.1) is 0 Å². The number of halogens is 1. The van der Waals surface area contributed by atoms with Gasteiger partial charge in [0.05, 0.1) is 10.4 Å². The van der Waals surface area contributed by atoms with Crippen LogP contribution < -0.4 is 5.73 Å². The second-order valence-electron chi connectivity index (χ2n) is 3.80. The number of nitrogens with zero attached hydrogens (tertiary/aromatic N) is 1. The van der Waals surface area contributed by atoms with Crippen LogP contribution in [0.4, 0.5) is 0 Å². The third kappa shape index (κ3) is 3.48. The summed E-state index contributed by atoms with van der Waals surface area (Å²) in [4.78, 5) is 5.39. The summed E-state index contributed by atoms with van der Waals surface area (Å²) in [5.41, 5.74) is 5.72. The molecule has 0 radical (unpaired) electrons. The van der Waals surface area contributed by atoms with E-state index >= 15 is 0 Å². The Morgan fingerprint density at radius 2 is 2.15 bits per heavy atom. The molecule has 72 valence electrons. The zero-order valence-electron chi connectivity index (χ0n) is 7.97. The van der Waals surface area contributed by atoms with Gasteiger partial charge in [-0.2, -0.15) is 0 Å². The fraction of sp³-hybridized carbons (Fsp3) is 0.444. The van der Waals surface area contributed by atoms with Gasteiger partial charge in [-0.3, -0.25) is 4.99 Å². The third-order valence-electron chi connectivity index (χ3n) is 1.28. The number of aliphatic imine (C=N–C) groups is 1. The molecule has 0 aliphatic rings. The van der Waals surface area contributed by atoms with E-state index in [1.165, 1.54) is 0 Å². The van der Waals surface area contributed by atoms with Crippen LogP contribution >= 0.6 is 27.3 Å². The van der Waals surface area contributed by atoms with Gasteiger partial charge in [0.1, 0.15) is 5.84 Å². The van der Waals surface area contributed by atoms with Crippen molar-refractivity contribution < 1.29 is 0 Å². The van der Waals surface area contributed by atoms with Crippen molar-refractivity contribution >= 4 is 33.1 Å². The molecule has 0 aliphatic heterocycles. The molecule has 1 aromatic heterocycles. The van der Waals surface area contributed by atoms with Gasteiger partial charge in [0, 0.05) is 9.85 Å². The smallest absolute Gasteiger partial charge is 0.136 e. The first kappa shape index (κ1) is 10.7. The van der Waals surface area contributed by atoms with Crippen LogP contribution in [0.3, 0.4) is 0 Å². The Hall–Kier alpha value is -0.350. The van der Waals surface area contributed by atoms with Crippen LogP contribution in [-0.2, 0) is 0 Å². The highest BCUT2D eigenvalue weighted by molar-refractivity contribution is 9.10. The van der Waals surface area contributed by atoms with E-state index in [0.29, 0.717) is 5.84 Å². The number of hydrogen-bond donors (Lipinski definition) is 1. The lowest BCUT2D eigenvalue weighted by atomic mass is 10.1. The van der Waals surface area contributed by atoms with Gasteiger partial charge in [0.2, 0.25) is 0 Å². The van der Waals surface area contributed by atoms with E-state index in [1.807, 2.05) is 32.2 Å². The van der Waals surface area contributed by atoms with Crippen LogP contribution in [0.25, 0.3) is 0 Å². The van der Waals surface area contributed by atoms with Gasteiger partial charge in [-0.15, -0.1) is 11.3 Å². The molecule has 0 bridgehead atoms. The first-order chi connectivity index (χ1) is 5.88. The minimum atomic E-state index is -0.111. The molecule has 0 unspecified atom stereocenters. The number of amidine groups is 1. The first-order valence-corrected chi connectivity index (χ1v) is 5.65. The summed E-state index contributed by atoms with van der Waals surface area (Å²) in [6.45, 7) is 6.09. The highest BCUT2D eigenvalue weighted by Crippen LogP contribution is 2.20. The number of rotatable bonds is 1. The zero-order valence-corrected chi connectivity index (χ0v) is 10.4. The van der Waals surface area contributed by atoms with Crippen molar-refractivity contribution in [3.05, 3.63) is 20.8 Å². The van der Waals surface area contributed by atoms with E-state index in [0.717, 1.165) is 9.35 Å². The molecular weight excluding hydrogens is 248 g/mol. The predicted molar refractivity (Wildman–Crippen MR) is 62.5 cm³/mol. The third-order valence-corrected chi connectivity index (χ3v) is 2.99. The fourth-order valence-corrected chi connectivity index (χ4v) is 2.19. The van der Waals surface area contributed by atoms with Crippen molar-refractivity contribution in [2.75, 3.05) is 0 Å². The molecule has 0 saturated carbocycles. The molecule has 1 rings (SSSR count). The van der Waals surface area contributed by atoms with E-state index in [-0.39, 0.29) is 5.54 Å². The summed E-state index contributed by atoms with van der Waals surface area (Å²) in [5.74, 6) is 0.614. The molecular formula is C9H13BrN2S. The molecule has 2 nitrogen and oxygen atoms in total. The van der Waals surface area contributed by atoms with Crippen molar-refractivity contribution in [2.24, 2.45) is 10.7 Å². The van der Waals surface area contributed by atoms with E-state index in [2.05, 4.69) is 20.9 Å². The Bertz CT molecular complexity index is 323. The average Bonchev–Trinajstić information content (AvgIpc) is 2.31. The minimum Gasteiger partial charge on any atom is -0.383 e. The van der Waals surface area contributed by atoms with Crippen molar-refractivity contribution in [2.45, 2.75) is 26.3 Å². The second kappa shape index (κ2) is 3.80. The van der Waals surface area contributed by atoms with Crippen molar-refractivity contribution in [1.82, 2.24) is 0 Å². The molecule has 13 heavy (non-hydrogen) atoms. The van der Waals surface area contributed by atoms with Crippen LogP contribution in [0.5, 0.6) is 0 Å². The standard InChI is InChI=1S/C9H13BrN2S/c1-9(2,3)12-8(11)7-4-6(10)5-13-7/h4-5H,1-3H3,(H2,11,12). The Balaban J connectivity index is 2.91. The Morgan fingerprint density at radius 1 is 1.54 bits per heavy atom. The molecule has 0 atom stereocenters. The molecule has 1 heterocycles. The highest BCUT2D eigenvalue weighted by atomic mass is 79.9. The van der Waals surface area contributed by atoms with Gasteiger partial charge in [-0.25, -0.2) is 0 Å². The van der Waals surface area contributed by atoms with Crippen molar-refractivity contribution in [3.8, 4) is 0 Å². The van der Waals surface area contributed by atoms with Gasteiger partial charge in [0.25, 0.3) is 0 Å². The lowest BCUT2D eigenvalue weighted by Crippen LogP contribution is -2.20. The maximum Gasteiger partial charge on any atom is 0.136 e. The quantitative estimate of drug-likeness (QED) is 0.612. The zero-order chi connectivity index (χ0) is 10.1. The molecule has 0 saturated heterocycles. The monoisotopic (exact) mass is 260 g/mol. The summed E-state index contributed by atoms with van der Waals surface area (Å²) in [6.07, 6.45) is 0. The van der Waals surface area contributed by atoms with Gasteiger partial charge in [0.15, 0.2) is 0 Å². The van der Waals surface area contributed by atoms with Crippen LogP contribution in [-0.4, -0.2) is 11.4 Å². The van der Waals surface area contributed by atoms with Crippen LogP contribution in [0.1, 0.15) is 25.6 Å². The largest absolute Gasteiger partial charge is 0.383 e. The summed E-state index contributed by atoms with van der Waals surface area (Å²) in [7, 11) is 0. The van der Waals surface area contributed by atoms with E-state index in [4.69, 9.17) is 5.73 Å². The Labute approximate surface area is 91.0 Å². The summed E-state index contributed by atoms with van der Waals surface area (Å²) in [5, 5.41) is 2.00. The molecule has 0 aromatic carbocycles. The molecule has 0 fully saturated rings. The van der Waals surface area contributed by atoms with Crippen molar-refractivity contribution in [1.29, 1.82) is 0 Å². The molecule has 0 spiro atoms. The molecule has 2 N–H and O–H groups in total. The van der Waals surface area contributed by atoms with E-state index < -0.39 is 0 Å². The topological polar surface area (TPSA) is 38.4 Å². The molecule has 1 aromatic rings. The van der Waals surface area contributed by atoms with Gasteiger partial charge < -0.3 is 5.73 Å². The van der Waals surface area contributed by atoms with Gasteiger partial charge in [-0.1, -0.05) is 0 Å². The van der Waals surface area contributed by atoms with E-state index in [1.54, 1.807) is 11.3 Å². The number of thiophene rings is 1. The molecule has 4 heteroatoms. The normalized spacial score (nSPS) is 13.4. The van der Waals surface area contributed by atoms with Gasteiger partial charge >= 0.3 is 0 Å². The summed E-state index contributed by atoms with van der Waals surface area (Å²) >= 11 is 4.98. The first-order valence-electron chi connectivity index (χ1n) is 3.98. The maximum absolute atomic E-state index is 5.83. The Kier molecular flexibility index (Phi) is 3.14. The SMILES string of the molecule is CC(C)(C)N=C(N)c1cc(Br)cs1. The highest BCUT2D eigenvalue weighted by Gasteiger charge is 2.10. The second-order valence-corrected chi connectivity index (χ2v) is 5.62. The summed E-state index contributed by atoms with van der Waals surface area (Å²) < 4.78 is 1.06. The van der Waals surface area contributed by atoms with Crippen LogP contribution in [0.15, 0.2) is 20.9 Å². The average molecular weight is 261 g/mol. The van der Waals surface area contributed by atoms with Crippen LogP contribution in [0.2, 0.25) is 0 Å². The minimum absolute atomic E-state index is 0.111. The molecule has 0 aliphatic carbocycles. The summed E-state index contributed by atoms with van der Waals surface area (Å²) in [6, 6.07) is 1.98. The lowest BCUT2D eigenvalue weighted by Gasteiger charge is -2.12. The van der Waals surface area contributed by atoms with Crippen molar-refractivity contribution in [3.63, 3.8) is 0 Å². The van der Waals surface area contributed by atoms with E-state index in [9.17, 15) is 0 Å².